The highest BCUT2D eigenvalue weighted by Crippen LogP contribution is 2.57. The molecule has 12 nitrogen and oxygen atoms in total. The van der Waals surface area contributed by atoms with Crippen LogP contribution in [0.4, 0.5) is 0 Å². The molecule has 3 aromatic heterocycles. The molecule has 45 heavy (non-hydrogen) atoms. The Hall–Kier alpha value is -4.42. The number of fused-ring (bicyclic) bond motifs is 1. The van der Waals surface area contributed by atoms with Gasteiger partial charge in [0.2, 0.25) is 0 Å². The summed E-state index contributed by atoms with van der Waals surface area (Å²) in [6.45, 7) is 7.27. The van der Waals surface area contributed by atoms with E-state index in [4.69, 9.17) is 15.2 Å². The van der Waals surface area contributed by atoms with Gasteiger partial charge >= 0.3 is 0 Å². The van der Waals surface area contributed by atoms with Crippen molar-refractivity contribution in [3.05, 3.63) is 66.2 Å². The molecule has 4 aromatic rings. The molecule has 2 aliphatic rings. The minimum atomic E-state index is -0.959. The van der Waals surface area contributed by atoms with Crippen molar-refractivity contribution in [3.63, 3.8) is 0 Å². The number of primary amides is 1. The predicted molar refractivity (Wildman–Crippen MR) is 166 cm³/mol. The highest BCUT2D eigenvalue weighted by atomic mass is 16.5. The van der Waals surface area contributed by atoms with Crippen LogP contribution in [-0.2, 0) is 6.54 Å². The van der Waals surface area contributed by atoms with E-state index in [1.54, 1.807) is 73.7 Å². The summed E-state index contributed by atoms with van der Waals surface area (Å²) in [5, 5.41) is 31.8. The molecular formula is C33H40N6O6. The van der Waals surface area contributed by atoms with Crippen LogP contribution in [-0.4, -0.2) is 71.4 Å². The van der Waals surface area contributed by atoms with Crippen LogP contribution in [0.1, 0.15) is 74.1 Å². The van der Waals surface area contributed by atoms with Gasteiger partial charge in [-0.05, 0) is 88.6 Å². The number of nitrogens with one attached hydrogen (secondary N) is 1. The van der Waals surface area contributed by atoms with Crippen molar-refractivity contribution >= 4 is 17.3 Å². The summed E-state index contributed by atoms with van der Waals surface area (Å²) in [4.78, 5) is 25.2. The highest BCUT2D eigenvalue weighted by Gasteiger charge is 2.54. The zero-order chi connectivity index (χ0) is 32.1. The smallest absolute Gasteiger partial charge is 0.255 e. The van der Waals surface area contributed by atoms with Crippen LogP contribution in [0.25, 0.3) is 16.6 Å². The van der Waals surface area contributed by atoms with Crippen molar-refractivity contribution in [1.29, 1.82) is 0 Å². The number of amides is 2. The van der Waals surface area contributed by atoms with Crippen molar-refractivity contribution in [2.24, 2.45) is 11.1 Å². The second-order valence-electron chi connectivity index (χ2n) is 13.9. The van der Waals surface area contributed by atoms with Gasteiger partial charge in [-0.15, -0.1) is 0 Å². The summed E-state index contributed by atoms with van der Waals surface area (Å²) in [5.41, 5.74) is 7.07. The Morgan fingerprint density at radius 1 is 0.978 bits per heavy atom. The number of aliphatic hydroxyl groups is 2. The Morgan fingerprint density at radius 2 is 1.73 bits per heavy atom. The van der Waals surface area contributed by atoms with E-state index in [0.29, 0.717) is 34.7 Å². The summed E-state index contributed by atoms with van der Waals surface area (Å²) in [6.07, 6.45) is 10.1. The Labute approximate surface area is 261 Å². The summed E-state index contributed by atoms with van der Waals surface area (Å²) < 4.78 is 15.2. The van der Waals surface area contributed by atoms with E-state index in [-0.39, 0.29) is 30.1 Å². The first-order valence-corrected chi connectivity index (χ1v) is 15.1. The number of nitrogens with two attached hydrogens (primary N) is 1. The highest BCUT2D eigenvalue weighted by molar-refractivity contribution is 6.00. The van der Waals surface area contributed by atoms with Crippen LogP contribution in [0.2, 0.25) is 0 Å². The van der Waals surface area contributed by atoms with E-state index < -0.39 is 17.1 Å². The van der Waals surface area contributed by atoms with Crippen molar-refractivity contribution in [2.45, 2.75) is 83.3 Å². The number of pyridine rings is 1. The number of ether oxygens (including phenoxy) is 2. The van der Waals surface area contributed by atoms with Crippen molar-refractivity contribution in [2.75, 3.05) is 6.61 Å². The third-order valence-electron chi connectivity index (χ3n) is 8.40. The van der Waals surface area contributed by atoms with Gasteiger partial charge in [-0.25, -0.2) is 4.52 Å². The van der Waals surface area contributed by atoms with Gasteiger partial charge in [-0.3, -0.25) is 14.3 Å². The van der Waals surface area contributed by atoms with Gasteiger partial charge in [0.1, 0.15) is 18.1 Å². The molecule has 0 unspecified atom stereocenters. The molecule has 2 fully saturated rings. The molecule has 3 heterocycles. The molecule has 0 atom stereocenters. The second-order valence-corrected chi connectivity index (χ2v) is 13.9. The van der Waals surface area contributed by atoms with Gasteiger partial charge in [0, 0.05) is 17.8 Å². The zero-order valence-corrected chi connectivity index (χ0v) is 26.0. The Balaban J connectivity index is 1.03. The molecule has 0 radical (unpaired) electrons. The average molecular weight is 617 g/mol. The average Bonchev–Trinajstić information content (AvgIpc) is 3.54. The van der Waals surface area contributed by atoms with E-state index in [9.17, 15) is 19.8 Å². The quantitative estimate of drug-likeness (QED) is 0.199. The molecule has 238 valence electrons. The monoisotopic (exact) mass is 616 g/mol. The molecule has 2 amide bonds. The Bertz CT molecular complexity index is 1730. The van der Waals surface area contributed by atoms with E-state index in [1.165, 1.54) is 0 Å². The molecule has 12 heteroatoms. The first-order valence-electron chi connectivity index (χ1n) is 15.1. The van der Waals surface area contributed by atoms with E-state index in [2.05, 4.69) is 15.5 Å². The summed E-state index contributed by atoms with van der Waals surface area (Å²) in [7, 11) is 0. The van der Waals surface area contributed by atoms with Crippen LogP contribution in [0.15, 0.2) is 55.1 Å². The Kier molecular flexibility index (Phi) is 7.60. The lowest BCUT2D eigenvalue weighted by atomic mass is 9.53. The third-order valence-corrected chi connectivity index (χ3v) is 8.40. The molecule has 0 aliphatic heterocycles. The van der Waals surface area contributed by atoms with Gasteiger partial charge in [0.05, 0.1) is 59.1 Å². The van der Waals surface area contributed by atoms with Gasteiger partial charge in [-0.1, -0.05) is 6.07 Å². The summed E-state index contributed by atoms with van der Waals surface area (Å²) >= 11 is 0. The molecule has 1 aromatic carbocycles. The van der Waals surface area contributed by atoms with Gasteiger partial charge < -0.3 is 30.7 Å². The first-order chi connectivity index (χ1) is 21.2. The molecule has 2 saturated carbocycles. The zero-order valence-electron chi connectivity index (χ0n) is 26.0. The van der Waals surface area contributed by atoms with Crippen LogP contribution < -0.4 is 20.5 Å². The number of hydrogen-bond acceptors (Lipinski definition) is 8. The number of aromatic nitrogens is 4. The van der Waals surface area contributed by atoms with Crippen LogP contribution in [0.3, 0.4) is 0 Å². The Morgan fingerprint density at radius 3 is 2.42 bits per heavy atom. The van der Waals surface area contributed by atoms with Gasteiger partial charge in [0.15, 0.2) is 0 Å². The van der Waals surface area contributed by atoms with E-state index in [1.807, 2.05) is 18.3 Å². The second kappa shape index (κ2) is 11.2. The van der Waals surface area contributed by atoms with E-state index >= 15 is 0 Å². The number of benzene rings is 1. The lowest BCUT2D eigenvalue weighted by Gasteiger charge is -2.57. The summed E-state index contributed by atoms with van der Waals surface area (Å²) in [6, 6.07) is 8.92. The number of carbonyl (C=O) groups excluding carboxylic acids is 2. The number of carbonyl (C=O) groups is 2. The minimum absolute atomic E-state index is 0.0552. The van der Waals surface area contributed by atoms with Gasteiger partial charge in [-0.2, -0.15) is 10.2 Å². The first kappa shape index (κ1) is 30.6. The predicted octanol–water partition coefficient (Wildman–Crippen LogP) is 3.34. The fraction of sp³-hybridized carbons (Fsp3) is 0.455. The standard InChI is InChI=1S/C33H40N6O6/c1-31(2,42)18-38-16-21(14-35-38)20-5-7-25(29(34)40)28(9-20)45-24-12-33(13-24)10-22(11-33)37-30(41)26-15-36-39-17-23(6-8-27(26)39)44-19-32(3,4)43/h5-9,14-17,22,24,42-43H,10-13,18-19H2,1-4H3,(H2,34,40)(H,37,41). The number of hydrogen-bond donors (Lipinski definition) is 4. The molecule has 0 bridgehead atoms. The maximum Gasteiger partial charge on any atom is 0.255 e. The largest absolute Gasteiger partial charge is 0.490 e. The molecule has 2 aliphatic carbocycles. The molecular weight excluding hydrogens is 576 g/mol. The lowest BCUT2D eigenvalue weighted by molar-refractivity contribution is -0.0834. The summed E-state index contributed by atoms with van der Waals surface area (Å²) in [5.74, 6) is 0.271. The minimum Gasteiger partial charge on any atom is -0.490 e. The number of rotatable bonds is 11. The molecule has 5 N–H and O–H groups in total. The number of nitrogens with zero attached hydrogens (tertiary/aromatic N) is 4. The normalized spacial score (nSPS) is 21.3. The lowest BCUT2D eigenvalue weighted by Crippen LogP contribution is -2.58. The molecule has 1 spiro atoms. The maximum absolute atomic E-state index is 13.1. The maximum atomic E-state index is 13.1. The van der Waals surface area contributed by atoms with E-state index in [0.717, 1.165) is 36.8 Å². The van der Waals surface area contributed by atoms with Crippen molar-refractivity contribution in [3.8, 4) is 22.6 Å². The van der Waals surface area contributed by atoms with Crippen LogP contribution >= 0.6 is 0 Å². The van der Waals surface area contributed by atoms with Gasteiger partial charge in [0.25, 0.3) is 11.8 Å². The SMILES string of the molecule is CC(C)(O)COc1ccc2c(C(=O)NC3CC4(C3)CC(Oc3cc(-c5cnn(CC(C)(C)O)c5)ccc3C(N)=O)C4)cnn2c1. The fourth-order valence-corrected chi connectivity index (χ4v) is 6.34. The van der Waals surface area contributed by atoms with Crippen LogP contribution in [0, 0.1) is 5.41 Å². The third kappa shape index (κ3) is 6.81. The molecule has 6 rings (SSSR count). The van der Waals surface area contributed by atoms with Crippen LogP contribution in [0.5, 0.6) is 11.5 Å². The topological polar surface area (TPSA) is 166 Å². The molecule has 0 saturated heterocycles. The van der Waals surface area contributed by atoms with Crippen molar-refractivity contribution < 1.29 is 29.3 Å². The van der Waals surface area contributed by atoms with Crippen molar-refractivity contribution in [1.82, 2.24) is 24.7 Å². The fourth-order valence-electron chi connectivity index (χ4n) is 6.34.